The summed E-state index contributed by atoms with van der Waals surface area (Å²) >= 11 is 0. The van der Waals surface area contributed by atoms with Crippen molar-refractivity contribution in [3.05, 3.63) is 23.9 Å². The third-order valence-electron chi connectivity index (χ3n) is 2.73. The minimum absolute atomic E-state index is 0.395. The summed E-state index contributed by atoms with van der Waals surface area (Å²) in [5.74, 6) is 0.655. The molecule has 88 valence electrons. The number of hydrogen-bond acceptors (Lipinski definition) is 4. The van der Waals surface area contributed by atoms with Crippen LogP contribution in [0.3, 0.4) is 0 Å². The highest BCUT2D eigenvalue weighted by Crippen LogP contribution is 2.11. The van der Waals surface area contributed by atoms with Gasteiger partial charge in [-0.1, -0.05) is 6.07 Å². The van der Waals surface area contributed by atoms with Crippen LogP contribution in [0.2, 0.25) is 0 Å². The van der Waals surface area contributed by atoms with Crippen molar-refractivity contribution in [2.45, 2.75) is 25.5 Å². The Balaban J connectivity index is 1.71. The first-order valence-corrected chi connectivity index (χ1v) is 5.70. The number of aromatic nitrogens is 1. The van der Waals surface area contributed by atoms with Crippen LogP contribution < -0.4 is 10.1 Å². The molecule has 0 aromatic carbocycles. The van der Waals surface area contributed by atoms with E-state index >= 15 is 0 Å². The van der Waals surface area contributed by atoms with Gasteiger partial charge in [-0.15, -0.1) is 0 Å². The van der Waals surface area contributed by atoms with Crippen molar-refractivity contribution in [2.75, 3.05) is 20.3 Å². The van der Waals surface area contributed by atoms with Crippen molar-refractivity contribution in [1.82, 2.24) is 10.3 Å². The van der Waals surface area contributed by atoms with E-state index in [1.54, 1.807) is 7.11 Å². The van der Waals surface area contributed by atoms with Gasteiger partial charge in [0.05, 0.1) is 13.2 Å². The molecule has 1 unspecified atom stereocenters. The maximum atomic E-state index is 5.53. The SMILES string of the molecule is COc1ccc(CNCC2CCCO2)cn1. The Morgan fingerprint density at radius 1 is 1.56 bits per heavy atom. The predicted octanol–water partition coefficient (Wildman–Crippen LogP) is 1.36. The summed E-state index contributed by atoms with van der Waals surface area (Å²) in [4.78, 5) is 4.15. The third-order valence-corrected chi connectivity index (χ3v) is 2.73. The van der Waals surface area contributed by atoms with Crippen molar-refractivity contribution in [1.29, 1.82) is 0 Å². The smallest absolute Gasteiger partial charge is 0.212 e. The van der Waals surface area contributed by atoms with E-state index in [1.165, 1.54) is 18.4 Å². The topological polar surface area (TPSA) is 43.4 Å². The van der Waals surface area contributed by atoms with Crippen molar-refractivity contribution in [3.8, 4) is 5.88 Å². The highest BCUT2D eigenvalue weighted by atomic mass is 16.5. The van der Waals surface area contributed by atoms with E-state index in [0.29, 0.717) is 12.0 Å². The lowest BCUT2D eigenvalue weighted by Crippen LogP contribution is -2.25. The third kappa shape index (κ3) is 3.18. The van der Waals surface area contributed by atoms with Gasteiger partial charge in [-0.25, -0.2) is 4.98 Å². The van der Waals surface area contributed by atoms with E-state index in [1.807, 2.05) is 18.3 Å². The molecule has 4 nitrogen and oxygen atoms in total. The molecule has 0 saturated carbocycles. The van der Waals surface area contributed by atoms with Gasteiger partial charge in [0.2, 0.25) is 5.88 Å². The molecule has 1 fully saturated rings. The minimum Gasteiger partial charge on any atom is -0.481 e. The summed E-state index contributed by atoms with van der Waals surface area (Å²) in [5.41, 5.74) is 1.17. The largest absolute Gasteiger partial charge is 0.481 e. The van der Waals surface area contributed by atoms with E-state index in [2.05, 4.69) is 10.3 Å². The number of methoxy groups -OCH3 is 1. The van der Waals surface area contributed by atoms with E-state index in [4.69, 9.17) is 9.47 Å². The Morgan fingerprint density at radius 2 is 2.50 bits per heavy atom. The van der Waals surface area contributed by atoms with E-state index in [-0.39, 0.29) is 0 Å². The molecule has 0 aliphatic carbocycles. The lowest BCUT2D eigenvalue weighted by Gasteiger charge is -2.10. The molecule has 0 amide bonds. The van der Waals surface area contributed by atoms with Crippen molar-refractivity contribution < 1.29 is 9.47 Å². The summed E-state index contributed by atoms with van der Waals surface area (Å²) in [6, 6.07) is 3.90. The fourth-order valence-corrected chi connectivity index (χ4v) is 1.82. The predicted molar refractivity (Wildman–Crippen MR) is 61.5 cm³/mol. The number of pyridine rings is 1. The maximum Gasteiger partial charge on any atom is 0.212 e. The van der Waals surface area contributed by atoms with Crippen molar-refractivity contribution in [2.24, 2.45) is 0 Å². The highest BCUT2D eigenvalue weighted by Gasteiger charge is 2.14. The molecule has 2 rings (SSSR count). The molecule has 4 heteroatoms. The van der Waals surface area contributed by atoms with E-state index in [0.717, 1.165) is 19.7 Å². The van der Waals surface area contributed by atoms with Gasteiger partial charge < -0.3 is 14.8 Å². The fourth-order valence-electron chi connectivity index (χ4n) is 1.82. The van der Waals surface area contributed by atoms with Gasteiger partial charge in [0, 0.05) is 32.0 Å². The summed E-state index contributed by atoms with van der Waals surface area (Å²) in [7, 11) is 1.62. The monoisotopic (exact) mass is 222 g/mol. The normalized spacial score (nSPS) is 19.9. The zero-order valence-corrected chi connectivity index (χ0v) is 9.61. The first-order chi connectivity index (χ1) is 7.88. The van der Waals surface area contributed by atoms with Gasteiger partial charge in [-0.05, 0) is 18.4 Å². The Labute approximate surface area is 96.0 Å². The van der Waals surface area contributed by atoms with Crippen LogP contribution in [-0.4, -0.2) is 31.3 Å². The average Bonchev–Trinajstić information content (AvgIpc) is 2.83. The summed E-state index contributed by atoms with van der Waals surface area (Å²) in [5, 5.41) is 3.38. The number of hydrogen-bond donors (Lipinski definition) is 1. The van der Waals surface area contributed by atoms with E-state index < -0.39 is 0 Å². The van der Waals surface area contributed by atoms with Gasteiger partial charge in [0.1, 0.15) is 0 Å². The zero-order chi connectivity index (χ0) is 11.2. The van der Waals surface area contributed by atoms with Crippen LogP contribution in [0.25, 0.3) is 0 Å². The number of nitrogens with one attached hydrogen (secondary N) is 1. The standard InChI is InChI=1S/C12H18N2O2/c1-15-12-5-4-10(8-14-12)7-13-9-11-3-2-6-16-11/h4-5,8,11,13H,2-3,6-7,9H2,1H3. The van der Waals surface area contributed by atoms with Gasteiger partial charge in [0.15, 0.2) is 0 Å². The number of rotatable bonds is 5. The second kappa shape index (κ2) is 5.82. The molecule has 1 aromatic heterocycles. The summed E-state index contributed by atoms with van der Waals surface area (Å²) in [6.45, 7) is 2.67. The van der Waals surface area contributed by atoms with Crippen LogP contribution in [0.15, 0.2) is 18.3 Å². The molecular formula is C12H18N2O2. The Morgan fingerprint density at radius 3 is 3.12 bits per heavy atom. The molecule has 0 radical (unpaired) electrons. The average molecular weight is 222 g/mol. The molecule has 1 N–H and O–H groups in total. The molecule has 1 aliphatic rings. The quantitative estimate of drug-likeness (QED) is 0.817. The molecule has 0 spiro atoms. The molecule has 0 bridgehead atoms. The molecular weight excluding hydrogens is 204 g/mol. The van der Waals surface area contributed by atoms with Crippen LogP contribution in [-0.2, 0) is 11.3 Å². The molecule has 16 heavy (non-hydrogen) atoms. The van der Waals surface area contributed by atoms with Crippen molar-refractivity contribution >= 4 is 0 Å². The van der Waals surface area contributed by atoms with Crippen molar-refractivity contribution in [3.63, 3.8) is 0 Å². The molecule has 1 saturated heterocycles. The molecule has 1 aliphatic heterocycles. The minimum atomic E-state index is 0.395. The molecule has 1 atom stereocenters. The second-order valence-corrected chi connectivity index (χ2v) is 3.97. The number of nitrogens with zero attached hydrogens (tertiary/aromatic N) is 1. The van der Waals surface area contributed by atoms with Gasteiger partial charge >= 0.3 is 0 Å². The summed E-state index contributed by atoms with van der Waals surface area (Å²) in [6.07, 6.45) is 4.59. The number of ether oxygens (including phenoxy) is 2. The lowest BCUT2D eigenvalue weighted by molar-refractivity contribution is 0.110. The first kappa shape index (κ1) is 11.4. The Bertz CT molecular complexity index is 307. The second-order valence-electron chi connectivity index (χ2n) is 3.97. The van der Waals surface area contributed by atoms with Crippen LogP contribution >= 0.6 is 0 Å². The van der Waals surface area contributed by atoms with Crippen LogP contribution in [0.4, 0.5) is 0 Å². The summed E-state index contributed by atoms with van der Waals surface area (Å²) < 4.78 is 10.5. The van der Waals surface area contributed by atoms with Crippen LogP contribution in [0.5, 0.6) is 5.88 Å². The van der Waals surface area contributed by atoms with Crippen LogP contribution in [0.1, 0.15) is 18.4 Å². The molecule has 2 heterocycles. The van der Waals surface area contributed by atoms with Gasteiger partial charge in [0.25, 0.3) is 0 Å². The van der Waals surface area contributed by atoms with Gasteiger partial charge in [-0.3, -0.25) is 0 Å². The Kier molecular flexibility index (Phi) is 4.13. The zero-order valence-electron chi connectivity index (χ0n) is 9.61. The lowest BCUT2D eigenvalue weighted by atomic mass is 10.2. The van der Waals surface area contributed by atoms with Gasteiger partial charge in [-0.2, -0.15) is 0 Å². The Hall–Kier alpha value is -1.13. The maximum absolute atomic E-state index is 5.53. The first-order valence-electron chi connectivity index (χ1n) is 5.70. The highest BCUT2D eigenvalue weighted by molar-refractivity contribution is 5.17. The van der Waals surface area contributed by atoms with Crippen LogP contribution in [0, 0.1) is 0 Å². The van der Waals surface area contributed by atoms with E-state index in [9.17, 15) is 0 Å². The molecule has 1 aromatic rings. The fraction of sp³-hybridized carbons (Fsp3) is 0.583.